The third-order valence-electron chi connectivity index (χ3n) is 12.5. The zero-order chi connectivity index (χ0) is 36.8. The quantitative estimate of drug-likeness (QED) is 0.182. The van der Waals surface area contributed by atoms with Crippen LogP contribution in [-0.2, 0) is 5.41 Å². The molecule has 0 bridgehead atoms. The lowest BCUT2D eigenvalue weighted by molar-refractivity contribution is 0.353. The smallest absolute Gasteiger partial charge is 0.238 e. The van der Waals surface area contributed by atoms with Crippen LogP contribution < -0.4 is 0 Å². The predicted octanol–water partition coefficient (Wildman–Crippen LogP) is 13.1. The lowest BCUT2D eigenvalue weighted by Gasteiger charge is -2.36. The first kappa shape index (κ1) is 31.5. The average molecular weight is 721 g/mol. The fourth-order valence-corrected chi connectivity index (χ4v) is 9.92. The van der Waals surface area contributed by atoms with E-state index in [1.807, 2.05) is 24.3 Å². The first-order chi connectivity index (χ1) is 27.7. The average Bonchev–Trinajstić information content (AvgIpc) is 3.89. The molecular weight excluding hydrogens is 685 g/mol. The van der Waals surface area contributed by atoms with Crippen molar-refractivity contribution in [2.24, 2.45) is 0 Å². The minimum atomic E-state index is 0.0292. The summed E-state index contributed by atoms with van der Waals surface area (Å²) in [6.07, 6.45) is 6.14. The maximum absolute atomic E-state index is 6.68. The third-order valence-corrected chi connectivity index (χ3v) is 12.5. The summed E-state index contributed by atoms with van der Waals surface area (Å²) in [5, 5.41) is 4.55. The summed E-state index contributed by atoms with van der Waals surface area (Å²) < 4.78 is 8.95. The molecule has 0 unspecified atom stereocenters. The minimum Gasteiger partial charge on any atom is -0.455 e. The number of nitrogens with zero attached hydrogens (tertiary/aromatic N) is 4. The Morgan fingerprint density at radius 3 is 1.98 bits per heavy atom. The molecule has 7 aromatic carbocycles. The SMILES string of the molecule is c1ccc(-c2nc(-c3ccc4c(c3)oc3c(-c5ccccc5)cccc34)nc(-n3c4ccccc4c4cc5c(cc43)C3(CCCCC3)c3ccccc3-5)n2)cc1. The molecule has 266 valence electrons. The van der Waals surface area contributed by atoms with Gasteiger partial charge in [-0.05, 0) is 71.0 Å². The Morgan fingerprint density at radius 1 is 0.446 bits per heavy atom. The van der Waals surface area contributed by atoms with E-state index >= 15 is 0 Å². The van der Waals surface area contributed by atoms with Crippen molar-refractivity contribution in [2.45, 2.75) is 37.5 Å². The van der Waals surface area contributed by atoms with Crippen LogP contribution in [0.4, 0.5) is 0 Å². The summed E-state index contributed by atoms with van der Waals surface area (Å²) in [5.74, 6) is 1.83. The van der Waals surface area contributed by atoms with Gasteiger partial charge in [0.2, 0.25) is 5.95 Å². The van der Waals surface area contributed by atoms with Gasteiger partial charge < -0.3 is 4.42 Å². The summed E-state index contributed by atoms with van der Waals surface area (Å²) in [6.45, 7) is 0. The van der Waals surface area contributed by atoms with Crippen LogP contribution in [0.1, 0.15) is 43.2 Å². The van der Waals surface area contributed by atoms with Crippen LogP contribution in [0.2, 0.25) is 0 Å². The lowest BCUT2D eigenvalue weighted by atomic mass is 9.68. The first-order valence-electron chi connectivity index (χ1n) is 19.7. The van der Waals surface area contributed by atoms with Gasteiger partial charge in [-0.25, -0.2) is 4.98 Å². The van der Waals surface area contributed by atoms with E-state index in [0.717, 1.165) is 55.2 Å². The Morgan fingerprint density at radius 2 is 1.14 bits per heavy atom. The summed E-state index contributed by atoms with van der Waals surface area (Å²) in [6, 6.07) is 56.1. The molecule has 2 aliphatic rings. The molecule has 10 aromatic rings. The van der Waals surface area contributed by atoms with Crippen LogP contribution in [0.15, 0.2) is 162 Å². The van der Waals surface area contributed by atoms with E-state index in [9.17, 15) is 0 Å². The summed E-state index contributed by atoms with van der Waals surface area (Å²) in [7, 11) is 0. The van der Waals surface area contributed by atoms with Crippen molar-refractivity contribution in [2.75, 3.05) is 0 Å². The van der Waals surface area contributed by atoms with Gasteiger partial charge in [0.15, 0.2) is 11.6 Å². The van der Waals surface area contributed by atoms with Gasteiger partial charge in [-0.1, -0.05) is 147 Å². The number of fused-ring (bicyclic) bond motifs is 11. The van der Waals surface area contributed by atoms with Crippen molar-refractivity contribution in [3.8, 4) is 51.0 Å². The Hall–Kier alpha value is -6.85. The summed E-state index contributed by atoms with van der Waals surface area (Å²) in [5.41, 5.74) is 13.6. The highest BCUT2D eigenvalue weighted by Gasteiger charge is 2.44. The summed E-state index contributed by atoms with van der Waals surface area (Å²) in [4.78, 5) is 15.7. The Labute approximate surface area is 323 Å². The number of para-hydroxylation sites is 2. The Balaban J connectivity index is 1.09. The van der Waals surface area contributed by atoms with Gasteiger partial charge in [0.25, 0.3) is 0 Å². The standard InChI is InChI=1S/C51H36N4O/c1-4-15-32(16-5-1)35-21-14-22-39-38-26-25-34(29-46(38)56-47(35)39)49-52-48(33-17-6-2-7-18-33)53-50(54-49)55-44-24-11-9-20-37(44)41-30-40-36-19-8-10-23-42(36)51(27-12-3-13-28-51)43(40)31-45(41)55/h1-2,4-11,14-26,29-31H,3,12-13,27-28H2. The van der Waals surface area contributed by atoms with E-state index in [1.54, 1.807) is 0 Å². The number of aromatic nitrogens is 4. The lowest BCUT2D eigenvalue weighted by Crippen LogP contribution is -2.28. The van der Waals surface area contributed by atoms with Crippen LogP contribution >= 0.6 is 0 Å². The largest absolute Gasteiger partial charge is 0.455 e. The van der Waals surface area contributed by atoms with Crippen LogP contribution in [0.25, 0.3) is 94.7 Å². The molecule has 12 rings (SSSR count). The van der Waals surface area contributed by atoms with Crippen molar-refractivity contribution in [3.05, 3.63) is 169 Å². The van der Waals surface area contributed by atoms with Crippen LogP contribution in [0.3, 0.4) is 0 Å². The van der Waals surface area contributed by atoms with Crippen molar-refractivity contribution >= 4 is 43.7 Å². The fourth-order valence-electron chi connectivity index (χ4n) is 9.92. The van der Waals surface area contributed by atoms with E-state index in [4.69, 9.17) is 19.4 Å². The minimum absolute atomic E-state index is 0.0292. The normalized spacial score (nSPS) is 14.6. The molecule has 5 nitrogen and oxygen atoms in total. The van der Waals surface area contributed by atoms with Gasteiger partial charge in [-0.2, -0.15) is 9.97 Å². The molecule has 2 aliphatic carbocycles. The second-order valence-electron chi connectivity index (χ2n) is 15.5. The molecule has 5 heteroatoms. The van der Waals surface area contributed by atoms with E-state index < -0.39 is 0 Å². The molecule has 1 spiro atoms. The van der Waals surface area contributed by atoms with Gasteiger partial charge in [-0.15, -0.1) is 0 Å². The molecule has 0 aliphatic heterocycles. The van der Waals surface area contributed by atoms with Gasteiger partial charge >= 0.3 is 0 Å². The highest BCUT2D eigenvalue weighted by atomic mass is 16.3. The molecule has 3 heterocycles. The molecule has 56 heavy (non-hydrogen) atoms. The predicted molar refractivity (Wildman–Crippen MR) is 227 cm³/mol. The number of benzene rings is 7. The van der Waals surface area contributed by atoms with Gasteiger partial charge in [0.05, 0.1) is 11.0 Å². The van der Waals surface area contributed by atoms with Crippen molar-refractivity contribution in [3.63, 3.8) is 0 Å². The topological polar surface area (TPSA) is 56.7 Å². The van der Waals surface area contributed by atoms with Gasteiger partial charge in [0.1, 0.15) is 11.2 Å². The second kappa shape index (κ2) is 12.1. The highest BCUT2D eigenvalue weighted by molar-refractivity contribution is 6.12. The Kier molecular flexibility index (Phi) is 6.79. The first-order valence-corrected chi connectivity index (χ1v) is 19.7. The third kappa shape index (κ3) is 4.58. The molecular formula is C51H36N4O. The number of rotatable bonds is 4. The Bertz CT molecular complexity index is 3170. The van der Waals surface area contributed by atoms with E-state index in [-0.39, 0.29) is 5.41 Å². The zero-order valence-corrected chi connectivity index (χ0v) is 30.7. The van der Waals surface area contributed by atoms with Crippen molar-refractivity contribution < 1.29 is 4.42 Å². The molecule has 0 saturated heterocycles. The summed E-state index contributed by atoms with van der Waals surface area (Å²) >= 11 is 0. The molecule has 0 radical (unpaired) electrons. The molecule has 1 fully saturated rings. The van der Waals surface area contributed by atoms with Gasteiger partial charge in [-0.3, -0.25) is 4.57 Å². The second-order valence-corrected chi connectivity index (χ2v) is 15.5. The monoisotopic (exact) mass is 720 g/mol. The van der Waals surface area contributed by atoms with E-state index in [2.05, 4.69) is 138 Å². The number of hydrogen-bond donors (Lipinski definition) is 0. The van der Waals surface area contributed by atoms with Gasteiger partial charge in [0, 0.05) is 43.7 Å². The highest BCUT2D eigenvalue weighted by Crippen LogP contribution is 2.57. The number of hydrogen-bond acceptors (Lipinski definition) is 4. The van der Waals surface area contributed by atoms with Crippen molar-refractivity contribution in [1.29, 1.82) is 0 Å². The van der Waals surface area contributed by atoms with Crippen LogP contribution in [-0.4, -0.2) is 19.5 Å². The van der Waals surface area contributed by atoms with Crippen LogP contribution in [0.5, 0.6) is 0 Å². The molecule has 1 saturated carbocycles. The van der Waals surface area contributed by atoms with E-state index in [1.165, 1.54) is 65.1 Å². The maximum Gasteiger partial charge on any atom is 0.238 e. The van der Waals surface area contributed by atoms with Crippen molar-refractivity contribution in [1.82, 2.24) is 19.5 Å². The molecule has 3 aromatic heterocycles. The van der Waals surface area contributed by atoms with Crippen LogP contribution in [0, 0.1) is 0 Å². The van der Waals surface area contributed by atoms with E-state index in [0.29, 0.717) is 17.6 Å². The fraction of sp³-hybridized carbons (Fsp3) is 0.118. The molecule has 0 N–H and O–H groups in total. The molecule has 0 atom stereocenters. The zero-order valence-electron chi connectivity index (χ0n) is 30.7. The maximum atomic E-state index is 6.68. The molecule has 0 amide bonds. The number of furan rings is 1.